The van der Waals surface area contributed by atoms with E-state index >= 15 is 0 Å². The van der Waals surface area contributed by atoms with E-state index in [1.54, 1.807) is 36.4 Å². The minimum atomic E-state index is -0.809. The SMILES string of the molecule is COC(=O)c1cc(Cc2ccc3[nH]c(=O)oc(=O)c3c2)ccc1NC=O. The lowest BCUT2D eigenvalue weighted by molar-refractivity contribution is -0.105. The third-order valence-electron chi connectivity index (χ3n) is 3.84. The topological polar surface area (TPSA) is 118 Å². The molecule has 0 saturated heterocycles. The monoisotopic (exact) mass is 354 g/mol. The Kier molecular flexibility index (Phi) is 4.66. The lowest BCUT2D eigenvalue weighted by atomic mass is 10.0. The van der Waals surface area contributed by atoms with Gasteiger partial charge in [0.1, 0.15) is 0 Å². The molecular formula is C18H14N2O6. The zero-order valence-corrected chi connectivity index (χ0v) is 13.7. The van der Waals surface area contributed by atoms with Gasteiger partial charge in [0.2, 0.25) is 6.41 Å². The van der Waals surface area contributed by atoms with Crippen LogP contribution in [0.4, 0.5) is 5.69 Å². The van der Waals surface area contributed by atoms with E-state index in [1.807, 2.05) is 0 Å². The number of hydrogen-bond acceptors (Lipinski definition) is 6. The van der Waals surface area contributed by atoms with E-state index in [0.717, 1.165) is 11.1 Å². The van der Waals surface area contributed by atoms with Gasteiger partial charge in [-0.25, -0.2) is 14.4 Å². The Morgan fingerprint density at radius 1 is 1.19 bits per heavy atom. The molecule has 0 saturated carbocycles. The standard InChI is InChI=1S/C18H14N2O6/c1-25-16(22)12-7-10(2-4-14(12)19-9-21)6-11-3-5-15-13(8-11)17(23)26-18(24)20-15/h2-5,7-9H,6H2,1H3,(H,19,21)(H,20,24). The Balaban J connectivity index is 1.99. The molecule has 0 fully saturated rings. The molecule has 2 N–H and O–H groups in total. The highest BCUT2D eigenvalue weighted by Crippen LogP contribution is 2.21. The first-order valence-corrected chi connectivity index (χ1v) is 7.59. The number of benzene rings is 2. The van der Waals surface area contributed by atoms with Gasteiger partial charge in [-0.15, -0.1) is 0 Å². The smallest absolute Gasteiger partial charge is 0.419 e. The number of esters is 1. The Morgan fingerprint density at radius 3 is 2.65 bits per heavy atom. The van der Waals surface area contributed by atoms with Crippen molar-refractivity contribution < 1.29 is 18.7 Å². The van der Waals surface area contributed by atoms with E-state index in [9.17, 15) is 19.2 Å². The number of aromatic nitrogens is 1. The average Bonchev–Trinajstić information content (AvgIpc) is 2.63. The molecule has 1 amide bonds. The maximum atomic E-state index is 11.9. The quantitative estimate of drug-likeness (QED) is 0.528. The lowest BCUT2D eigenvalue weighted by Crippen LogP contribution is -2.14. The predicted molar refractivity (Wildman–Crippen MR) is 93.4 cm³/mol. The first-order chi connectivity index (χ1) is 12.5. The second kappa shape index (κ2) is 7.06. The van der Waals surface area contributed by atoms with Crippen molar-refractivity contribution in [2.24, 2.45) is 0 Å². The number of anilines is 1. The average molecular weight is 354 g/mol. The zero-order valence-electron chi connectivity index (χ0n) is 13.7. The number of carbonyl (C=O) groups excluding carboxylic acids is 2. The third kappa shape index (κ3) is 3.39. The number of hydrogen-bond donors (Lipinski definition) is 2. The zero-order chi connectivity index (χ0) is 18.7. The van der Waals surface area contributed by atoms with Gasteiger partial charge in [-0.05, 0) is 41.8 Å². The summed E-state index contributed by atoms with van der Waals surface area (Å²) in [5, 5.41) is 2.71. The van der Waals surface area contributed by atoms with Gasteiger partial charge in [0.15, 0.2) is 0 Å². The summed E-state index contributed by atoms with van der Waals surface area (Å²) < 4.78 is 9.26. The van der Waals surface area contributed by atoms with Crippen molar-refractivity contribution in [3.05, 3.63) is 74.1 Å². The van der Waals surface area contributed by atoms with Crippen molar-refractivity contribution in [3.8, 4) is 0 Å². The Hall–Kier alpha value is -3.68. The number of ether oxygens (including phenoxy) is 1. The maximum Gasteiger partial charge on any atom is 0.419 e. The van der Waals surface area contributed by atoms with Gasteiger partial charge < -0.3 is 14.5 Å². The second-order valence-electron chi connectivity index (χ2n) is 5.49. The summed E-state index contributed by atoms with van der Waals surface area (Å²) in [5.41, 5.74) is 1.79. The molecule has 0 aliphatic carbocycles. The number of aromatic amines is 1. The molecule has 0 aliphatic rings. The molecular weight excluding hydrogens is 340 g/mol. The largest absolute Gasteiger partial charge is 0.465 e. The van der Waals surface area contributed by atoms with Gasteiger partial charge in [-0.3, -0.25) is 9.78 Å². The summed E-state index contributed by atoms with van der Waals surface area (Å²) in [7, 11) is 1.25. The van der Waals surface area contributed by atoms with Crippen molar-refractivity contribution in [1.82, 2.24) is 4.98 Å². The van der Waals surface area contributed by atoms with Crippen molar-refractivity contribution >= 4 is 29.0 Å². The second-order valence-corrected chi connectivity index (χ2v) is 5.49. The first kappa shape index (κ1) is 17.2. The van der Waals surface area contributed by atoms with Crippen molar-refractivity contribution in [3.63, 3.8) is 0 Å². The van der Waals surface area contributed by atoms with Crippen LogP contribution in [-0.2, 0) is 16.0 Å². The molecule has 26 heavy (non-hydrogen) atoms. The van der Waals surface area contributed by atoms with Crippen LogP contribution in [0.3, 0.4) is 0 Å². The van der Waals surface area contributed by atoms with Gasteiger partial charge in [-0.1, -0.05) is 12.1 Å². The summed E-state index contributed by atoms with van der Waals surface area (Å²) in [5.74, 6) is -1.39. The van der Waals surface area contributed by atoms with Crippen molar-refractivity contribution in [2.45, 2.75) is 6.42 Å². The van der Waals surface area contributed by atoms with E-state index in [4.69, 9.17) is 4.74 Å². The maximum absolute atomic E-state index is 11.9. The number of fused-ring (bicyclic) bond motifs is 1. The Bertz CT molecular complexity index is 1110. The van der Waals surface area contributed by atoms with Gasteiger partial charge in [0, 0.05) is 0 Å². The predicted octanol–water partition coefficient (Wildman–Crippen LogP) is 1.43. The molecule has 0 unspecified atom stereocenters. The Morgan fingerprint density at radius 2 is 1.92 bits per heavy atom. The molecule has 3 rings (SSSR count). The fraction of sp³-hybridized carbons (Fsp3) is 0.111. The molecule has 8 nitrogen and oxygen atoms in total. The van der Waals surface area contributed by atoms with Crippen LogP contribution in [0.1, 0.15) is 21.5 Å². The summed E-state index contributed by atoms with van der Waals surface area (Å²) in [6.45, 7) is 0. The number of H-pyrrole nitrogens is 1. The molecule has 0 atom stereocenters. The van der Waals surface area contributed by atoms with E-state index in [1.165, 1.54) is 7.11 Å². The third-order valence-corrected chi connectivity index (χ3v) is 3.84. The highest BCUT2D eigenvalue weighted by molar-refractivity contribution is 5.98. The fourth-order valence-electron chi connectivity index (χ4n) is 2.66. The van der Waals surface area contributed by atoms with E-state index in [-0.39, 0.29) is 10.9 Å². The molecule has 1 aromatic heterocycles. The molecule has 0 aliphatic heterocycles. The molecule has 132 valence electrons. The van der Waals surface area contributed by atoms with Gasteiger partial charge in [0.05, 0.1) is 29.3 Å². The van der Waals surface area contributed by atoms with Crippen molar-refractivity contribution in [2.75, 3.05) is 12.4 Å². The Labute approximate surface area is 146 Å². The van der Waals surface area contributed by atoms with Crippen LogP contribution >= 0.6 is 0 Å². The van der Waals surface area contributed by atoms with E-state index < -0.39 is 17.4 Å². The highest BCUT2D eigenvalue weighted by atomic mass is 16.5. The van der Waals surface area contributed by atoms with Crippen LogP contribution in [-0.4, -0.2) is 24.5 Å². The van der Waals surface area contributed by atoms with Crippen molar-refractivity contribution in [1.29, 1.82) is 0 Å². The van der Waals surface area contributed by atoms with Crippen LogP contribution in [0.2, 0.25) is 0 Å². The number of amides is 1. The van der Waals surface area contributed by atoms with Crippen LogP contribution < -0.4 is 16.7 Å². The summed E-state index contributed by atoms with van der Waals surface area (Å²) >= 11 is 0. The van der Waals surface area contributed by atoms with Gasteiger partial charge >= 0.3 is 17.4 Å². The van der Waals surface area contributed by atoms with Crippen LogP contribution in [0.5, 0.6) is 0 Å². The van der Waals surface area contributed by atoms with Gasteiger partial charge in [-0.2, -0.15) is 0 Å². The number of nitrogens with one attached hydrogen (secondary N) is 2. The molecule has 8 heteroatoms. The normalized spacial score (nSPS) is 10.5. The number of rotatable bonds is 5. The summed E-state index contributed by atoms with van der Waals surface area (Å²) in [6, 6.07) is 9.95. The number of carbonyl (C=O) groups is 2. The highest BCUT2D eigenvalue weighted by Gasteiger charge is 2.13. The molecule has 0 bridgehead atoms. The number of methoxy groups -OCH3 is 1. The molecule has 1 heterocycles. The molecule has 0 radical (unpaired) electrons. The molecule has 3 aromatic rings. The summed E-state index contributed by atoms with van der Waals surface area (Å²) in [4.78, 5) is 48.0. The van der Waals surface area contributed by atoms with E-state index in [2.05, 4.69) is 14.7 Å². The molecule has 2 aromatic carbocycles. The minimum absolute atomic E-state index is 0.224. The molecule has 0 spiro atoms. The lowest BCUT2D eigenvalue weighted by Gasteiger charge is -2.10. The van der Waals surface area contributed by atoms with Crippen LogP contribution in [0.15, 0.2) is 50.4 Å². The van der Waals surface area contributed by atoms with E-state index in [0.29, 0.717) is 24.0 Å². The minimum Gasteiger partial charge on any atom is -0.465 e. The van der Waals surface area contributed by atoms with Gasteiger partial charge in [0.25, 0.3) is 0 Å². The first-order valence-electron chi connectivity index (χ1n) is 7.59. The fourth-order valence-corrected chi connectivity index (χ4v) is 2.66. The van der Waals surface area contributed by atoms with Crippen LogP contribution in [0, 0.1) is 0 Å². The van der Waals surface area contributed by atoms with Crippen LogP contribution in [0.25, 0.3) is 10.9 Å². The summed E-state index contributed by atoms with van der Waals surface area (Å²) in [6.07, 6.45) is 0.894.